The highest BCUT2D eigenvalue weighted by molar-refractivity contribution is 6.31. The van der Waals surface area contributed by atoms with E-state index in [-0.39, 0.29) is 5.78 Å². The fourth-order valence-corrected chi connectivity index (χ4v) is 2.40. The summed E-state index contributed by atoms with van der Waals surface area (Å²) >= 11 is 5.87. The molecule has 25 heavy (non-hydrogen) atoms. The first kappa shape index (κ1) is 18.7. The number of halogens is 1. The summed E-state index contributed by atoms with van der Waals surface area (Å²) in [6.45, 7) is 3.95. The molecule has 0 heterocycles. The summed E-state index contributed by atoms with van der Waals surface area (Å²) in [7, 11) is 0. The Hall–Kier alpha value is -2.59. The van der Waals surface area contributed by atoms with Crippen molar-refractivity contribution in [2.75, 3.05) is 6.61 Å². The van der Waals surface area contributed by atoms with Crippen LogP contribution < -0.4 is 4.74 Å². The molecule has 0 spiro atoms. The van der Waals surface area contributed by atoms with E-state index in [2.05, 4.69) is 0 Å². The first-order valence-corrected chi connectivity index (χ1v) is 8.29. The third-order valence-corrected chi connectivity index (χ3v) is 3.62. The minimum absolute atomic E-state index is 0.307. The summed E-state index contributed by atoms with van der Waals surface area (Å²) in [5.74, 6) is -0.231. The largest absolute Gasteiger partial charge is 0.493 e. The van der Waals surface area contributed by atoms with Crippen LogP contribution in [0.3, 0.4) is 0 Å². The van der Waals surface area contributed by atoms with Gasteiger partial charge in [-0.05, 0) is 38.1 Å². The van der Waals surface area contributed by atoms with E-state index >= 15 is 0 Å². The highest BCUT2D eigenvalue weighted by Crippen LogP contribution is 2.19. The molecular weight excluding hydrogens is 340 g/mol. The topological polar surface area (TPSA) is 52.6 Å². The van der Waals surface area contributed by atoms with Crippen LogP contribution in [0.1, 0.15) is 29.8 Å². The molecule has 2 aromatic carbocycles. The standard InChI is InChI=1S/C20H19ClO4/c1-3-24-18-10-5-4-7-15(18)11-12-19(22)25-14(2)20(23)16-8-6-9-17(21)13-16/h4-14H,3H2,1-2H3/b12-11+. The van der Waals surface area contributed by atoms with Crippen molar-refractivity contribution in [3.63, 3.8) is 0 Å². The van der Waals surface area contributed by atoms with Gasteiger partial charge in [-0.2, -0.15) is 0 Å². The van der Waals surface area contributed by atoms with Gasteiger partial charge < -0.3 is 9.47 Å². The number of carbonyl (C=O) groups is 2. The number of ketones is 1. The van der Waals surface area contributed by atoms with Gasteiger partial charge in [-0.3, -0.25) is 4.79 Å². The number of hydrogen-bond donors (Lipinski definition) is 0. The Morgan fingerprint density at radius 3 is 2.64 bits per heavy atom. The van der Waals surface area contributed by atoms with Crippen molar-refractivity contribution in [3.05, 3.63) is 70.8 Å². The quantitative estimate of drug-likeness (QED) is 0.413. The molecule has 1 unspecified atom stereocenters. The van der Waals surface area contributed by atoms with Gasteiger partial charge in [-0.25, -0.2) is 4.79 Å². The lowest BCUT2D eigenvalue weighted by Gasteiger charge is -2.11. The van der Waals surface area contributed by atoms with Gasteiger partial charge >= 0.3 is 5.97 Å². The molecule has 0 amide bonds. The molecular formula is C20H19ClO4. The molecule has 130 valence electrons. The molecule has 0 aliphatic heterocycles. The summed E-state index contributed by atoms with van der Waals surface area (Å²) < 4.78 is 10.7. The van der Waals surface area contributed by atoms with Crippen LogP contribution in [0, 0.1) is 0 Å². The molecule has 1 atom stereocenters. The summed E-state index contributed by atoms with van der Waals surface area (Å²) in [5, 5.41) is 0.455. The van der Waals surface area contributed by atoms with E-state index in [4.69, 9.17) is 21.1 Å². The van der Waals surface area contributed by atoms with Crippen LogP contribution in [-0.4, -0.2) is 24.5 Å². The molecule has 0 aromatic heterocycles. The van der Waals surface area contributed by atoms with E-state index in [1.54, 1.807) is 30.3 Å². The highest BCUT2D eigenvalue weighted by Gasteiger charge is 2.18. The number of carbonyl (C=O) groups excluding carboxylic acids is 2. The Bertz CT molecular complexity index is 783. The second-order valence-corrected chi connectivity index (χ2v) is 5.69. The predicted octanol–water partition coefficient (Wildman–Crippen LogP) is 4.57. The van der Waals surface area contributed by atoms with E-state index in [0.717, 1.165) is 5.56 Å². The maximum Gasteiger partial charge on any atom is 0.331 e. The van der Waals surface area contributed by atoms with Crippen molar-refractivity contribution in [1.29, 1.82) is 0 Å². The molecule has 0 fully saturated rings. The van der Waals surface area contributed by atoms with Gasteiger partial charge in [0.25, 0.3) is 0 Å². The number of ether oxygens (including phenoxy) is 2. The zero-order valence-electron chi connectivity index (χ0n) is 14.1. The van der Waals surface area contributed by atoms with Crippen molar-refractivity contribution in [3.8, 4) is 5.75 Å². The van der Waals surface area contributed by atoms with Gasteiger partial charge in [0, 0.05) is 22.2 Å². The molecule has 5 heteroatoms. The van der Waals surface area contributed by atoms with Crippen LogP contribution in [0.4, 0.5) is 0 Å². The van der Waals surface area contributed by atoms with Gasteiger partial charge in [-0.1, -0.05) is 41.9 Å². The zero-order valence-corrected chi connectivity index (χ0v) is 14.8. The summed E-state index contributed by atoms with van der Waals surface area (Å²) in [5.41, 5.74) is 1.16. The maximum absolute atomic E-state index is 12.3. The Morgan fingerprint density at radius 1 is 1.16 bits per heavy atom. The SMILES string of the molecule is CCOc1ccccc1/C=C/C(=O)OC(C)C(=O)c1cccc(Cl)c1. The van der Waals surface area contributed by atoms with Crippen molar-refractivity contribution in [1.82, 2.24) is 0 Å². The van der Waals surface area contributed by atoms with Crippen molar-refractivity contribution >= 4 is 29.4 Å². The second kappa shape index (κ2) is 9.04. The zero-order chi connectivity index (χ0) is 18.2. The van der Waals surface area contributed by atoms with Gasteiger partial charge in [0.2, 0.25) is 5.78 Å². The van der Waals surface area contributed by atoms with Crippen LogP contribution in [0.5, 0.6) is 5.75 Å². The summed E-state index contributed by atoms with van der Waals surface area (Å²) in [6.07, 6.45) is 1.97. The molecule has 2 aromatic rings. The Morgan fingerprint density at radius 2 is 1.92 bits per heavy atom. The minimum atomic E-state index is -0.905. The van der Waals surface area contributed by atoms with Gasteiger partial charge in [0.1, 0.15) is 5.75 Å². The first-order valence-electron chi connectivity index (χ1n) is 7.91. The van der Waals surface area contributed by atoms with Crippen LogP contribution in [0.2, 0.25) is 5.02 Å². The minimum Gasteiger partial charge on any atom is -0.493 e. The Balaban J connectivity index is 2.01. The number of esters is 1. The lowest BCUT2D eigenvalue weighted by Crippen LogP contribution is -2.23. The number of rotatable bonds is 7. The second-order valence-electron chi connectivity index (χ2n) is 5.26. The fraction of sp³-hybridized carbons (Fsp3) is 0.200. The molecule has 2 rings (SSSR count). The predicted molar refractivity (Wildman–Crippen MR) is 98.0 cm³/mol. The third kappa shape index (κ3) is 5.47. The van der Waals surface area contributed by atoms with Gasteiger partial charge in [0.15, 0.2) is 6.10 Å². The Labute approximate surface area is 152 Å². The molecule has 0 bridgehead atoms. The number of benzene rings is 2. The van der Waals surface area contributed by atoms with Crippen LogP contribution in [0.25, 0.3) is 6.08 Å². The monoisotopic (exact) mass is 358 g/mol. The van der Waals surface area contributed by atoms with Crippen molar-refractivity contribution < 1.29 is 19.1 Å². The van der Waals surface area contributed by atoms with E-state index < -0.39 is 12.1 Å². The molecule has 0 N–H and O–H groups in total. The maximum atomic E-state index is 12.3. The summed E-state index contributed by atoms with van der Waals surface area (Å²) in [6, 6.07) is 13.9. The lowest BCUT2D eigenvalue weighted by molar-refractivity contribution is -0.140. The molecule has 0 radical (unpaired) electrons. The third-order valence-electron chi connectivity index (χ3n) is 3.39. The number of hydrogen-bond acceptors (Lipinski definition) is 4. The van der Waals surface area contributed by atoms with E-state index in [1.807, 2.05) is 31.2 Å². The van der Waals surface area contributed by atoms with E-state index in [0.29, 0.717) is 22.9 Å². The molecule has 0 saturated carbocycles. The van der Waals surface area contributed by atoms with Crippen LogP contribution in [0.15, 0.2) is 54.6 Å². The first-order chi connectivity index (χ1) is 12.0. The van der Waals surface area contributed by atoms with Crippen molar-refractivity contribution in [2.45, 2.75) is 20.0 Å². The molecule has 0 aliphatic carbocycles. The van der Waals surface area contributed by atoms with Gasteiger partial charge in [0.05, 0.1) is 6.61 Å². The highest BCUT2D eigenvalue weighted by atomic mass is 35.5. The molecule has 4 nitrogen and oxygen atoms in total. The van der Waals surface area contributed by atoms with Crippen LogP contribution >= 0.6 is 11.6 Å². The number of para-hydroxylation sites is 1. The van der Waals surface area contributed by atoms with E-state index in [1.165, 1.54) is 13.0 Å². The molecule has 0 saturated heterocycles. The van der Waals surface area contributed by atoms with Crippen molar-refractivity contribution in [2.24, 2.45) is 0 Å². The van der Waals surface area contributed by atoms with Gasteiger partial charge in [-0.15, -0.1) is 0 Å². The fourth-order valence-electron chi connectivity index (χ4n) is 2.21. The Kier molecular flexibility index (Phi) is 6.78. The smallest absolute Gasteiger partial charge is 0.331 e. The average molecular weight is 359 g/mol. The number of Topliss-reactive ketones (excluding diaryl/α,β-unsaturated/α-hetero) is 1. The lowest BCUT2D eigenvalue weighted by atomic mass is 10.1. The van der Waals surface area contributed by atoms with E-state index in [9.17, 15) is 9.59 Å². The normalized spacial score (nSPS) is 12.0. The summed E-state index contributed by atoms with van der Waals surface area (Å²) in [4.78, 5) is 24.2. The van der Waals surface area contributed by atoms with Crippen LogP contribution in [-0.2, 0) is 9.53 Å². The molecule has 0 aliphatic rings. The average Bonchev–Trinajstić information content (AvgIpc) is 2.60.